The topological polar surface area (TPSA) is 53.7 Å². The summed E-state index contributed by atoms with van der Waals surface area (Å²) in [7, 11) is 4.05. The highest BCUT2D eigenvalue weighted by atomic mass is 35.5. The monoisotopic (exact) mass is 533 g/mol. The summed E-state index contributed by atoms with van der Waals surface area (Å²) in [6.45, 7) is 1.90. The third-order valence-electron chi connectivity index (χ3n) is 6.49. The van der Waals surface area contributed by atoms with Crippen molar-refractivity contribution in [3.8, 4) is 0 Å². The summed E-state index contributed by atoms with van der Waals surface area (Å²) in [5.41, 5.74) is 0.785. The number of likely N-dealkylation sites (tertiary alicyclic amines) is 1. The van der Waals surface area contributed by atoms with Crippen molar-refractivity contribution in [3.63, 3.8) is 0 Å². The quantitative estimate of drug-likeness (QED) is 0.422. The molecule has 5 rings (SSSR count). The van der Waals surface area contributed by atoms with Gasteiger partial charge in [-0.1, -0.05) is 23.7 Å². The maximum Gasteiger partial charge on any atom is 0.416 e. The van der Waals surface area contributed by atoms with E-state index in [1.54, 1.807) is 18.3 Å². The van der Waals surface area contributed by atoms with Crippen molar-refractivity contribution >= 4 is 51.4 Å². The molecule has 36 heavy (non-hydrogen) atoms. The highest BCUT2D eigenvalue weighted by Crippen LogP contribution is 2.35. The van der Waals surface area contributed by atoms with Crippen LogP contribution in [0.1, 0.15) is 23.1 Å². The molecular weight excluding hydrogens is 511 g/mol. The minimum absolute atomic E-state index is 0.0299. The fourth-order valence-corrected chi connectivity index (χ4v) is 5.64. The molecule has 3 heterocycles. The Morgan fingerprint density at radius 1 is 1.25 bits per heavy atom. The predicted octanol–water partition coefficient (Wildman–Crippen LogP) is 5.36. The number of aromatic nitrogens is 2. The zero-order chi connectivity index (χ0) is 25.6. The minimum Gasteiger partial charge on any atom is -0.350 e. The molecule has 0 aliphatic carbocycles. The molecule has 2 aliphatic rings. The molecule has 1 fully saturated rings. The molecule has 1 unspecified atom stereocenters. The fraction of sp³-hybridized carbons (Fsp3) is 0.320. The summed E-state index contributed by atoms with van der Waals surface area (Å²) in [6.07, 6.45) is -0.0933. The minimum atomic E-state index is -4.52. The van der Waals surface area contributed by atoms with Gasteiger partial charge < -0.3 is 9.80 Å². The molecular formula is C25H23ClF3N5OS. The average molecular weight is 534 g/mol. The van der Waals surface area contributed by atoms with Gasteiger partial charge in [0, 0.05) is 30.0 Å². The van der Waals surface area contributed by atoms with E-state index in [9.17, 15) is 18.0 Å². The largest absolute Gasteiger partial charge is 0.416 e. The van der Waals surface area contributed by atoms with Crippen LogP contribution in [0.3, 0.4) is 0 Å². The van der Waals surface area contributed by atoms with Crippen LogP contribution >= 0.6 is 23.4 Å². The molecule has 0 saturated carbocycles. The van der Waals surface area contributed by atoms with Crippen molar-refractivity contribution in [1.82, 2.24) is 19.6 Å². The molecule has 0 spiro atoms. The number of nitrogens with zero attached hydrogens (tertiary/aromatic N) is 5. The first-order valence-corrected chi connectivity index (χ1v) is 12.5. The van der Waals surface area contributed by atoms with E-state index in [-0.39, 0.29) is 23.0 Å². The van der Waals surface area contributed by atoms with Crippen LogP contribution in [0.4, 0.5) is 13.2 Å². The summed E-state index contributed by atoms with van der Waals surface area (Å²) in [5, 5.41) is 5.79. The number of fused-ring (bicyclic) bond motifs is 1. The Hall–Kier alpha value is -2.82. The van der Waals surface area contributed by atoms with E-state index in [0.717, 1.165) is 36.5 Å². The smallest absolute Gasteiger partial charge is 0.350 e. The molecule has 3 aromatic rings. The van der Waals surface area contributed by atoms with Crippen LogP contribution in [0, 0.1) is 0 Å². The van der Waals surface area contributed by atoms with Crippen molar-refractivity contribution in [3.05, 3.63) is 69.2 Å². The molecule has 1 aromatic heterocycles. The first-order valence-electron chi connectivity index (χ1n) is 11.3. The maximum atomic E-state index is 13.5. The van der Waals surface area contributed by atoms with Gasteiger partial charge in [-0.2, -0.15) is 23.3 Å². The number of amidine groups is 1. The van der Waals surface area contributed by atoms with Crippen molar-refractivity contribution in [2.45, 2.75) is 25.2 Å². The second-order valence-electron chi connectivity index (χ2n) is 9.05. The number of carbonyl (C=O) groups excluding carboxylic acids is 1. The van der Waals surface area contributed by atoms with Crippen molar-refractivity contribution in [2.75, 3.05) is 27.2 Å². The second-order valence-corrected chi connectivity index (χ2v) is 10.5. The Morgan fingerprint density at radius 3 is 2.78 bits per heavy atom. The Balaban J connectivity index is 1.35. The van der Waals surface area contributed by atoms with E-state index in [1.165, 1.54) is 28.6 Å². The number of aliphatic imine (C=N–C) groups is 1. The Kier molecular flexibility index (Phi) is 6.61. The SMILES string of the molecule is CN1CCC(N(C)C2=NC(=O)C(=Cc3ccc4c(cnn4Cc4ccc(Cl)cc4C(F)(F)F)c3)S2)C1. The fourth-order valence-electron chi connectivity index (χ4n) is 4.52. The van der Waals surface area contributed by atoms with Gasteiger partial charge >= 0.3 is 6.18 Å². The molecule has 6 nitrogen and oxygen atoms in total. The lowest BCUT2D eigenvalue weighted by Gasteiger charge is -2.25. The van der Waals surface area contributed by atoms with Crippen LogP contribution < -0.4 is 0 Å². The van der Waals surface area contributed by atoms with Crippen molar-refractivity contribution in [2.24, 2.45) is 4.99 Å². The average Bonchev–Trinajstić information content (AvgIpc) is 3.53. The molecule has 2 aromatic carbocycles. The summed E-state index contributed by atoms with van der Waals surface area (Å²) >= 11 is 7.15. The van der Waals surface area contributed by atoms with Gasteiger partial charge in [-0.25, -0.2) is 0 Å². The van der Waals surface area contributed by atoms with E-state index in [1.807, 2.05) is 19.2 Å². The normalized spacial score (nSPS) is 20.1. The van der Waals surface area contributed by atoms with Crippen molar-refractivity contribution < 1.29 is 18.0 Å². The lowest BCUT2D eigenvalue weighted by molar-refractivity contribution is -0.138. The van der Waals surface area contributed by atoms with Crippen LogP contribution in [-0.2, 0) is 17.5 Å². The lowest BCUT2D eigenvalue weighted by Crippen LogP contribution is -2.36. The van der Waals surface area contributed by atoms with Gasteiger partial charge in [0.05, 0.1) is 28.7 Å². The zero-order valence-electron chi connectivity index (χ0n) is 19.6. The van der Waals surface area contributed by atoms with Gasteiger partial charge in [0.1, 0.15) is 0 Å². The van der Waals surface area contributed by atoms with Crippen LogP contribution in [0.15, 0.2) is 52.5 Å². The number of alkyl halides is 3. The van der Waals surface area contributed by atoms with E-state index in [4.69, 9.17) is 11.6 Å². The Morgan fingerprint density at radius 2 is 2.06 bits per heavy atom. The number of amides is 1. The number of rotatable bonds is 4. The van der Waals surface area contributed by atoms with Crippen LogP contribution in [-0.4, -0.2) is 63.9 Å². The van der Waals surface area contributed by atoms with E-state index < -0.39 is 11.7 Å². The van der Waals surface area contributed by atoms with Crippen LogP contribution in [0.2, 0.25) is 5.02 Å². The molecule has 11 heteroatoms. The summed E-state index contributed by atoms with van der Waals surface area (Å²) in [4.78, 5) is 21.7. The number of carbonyl (C=O) groups is 1. The van der Waals surface area contributed by atoms with Gasteiger partial charge in [-0.15, -0.1) is 0 Å². The second kappa shape index (κ2) is 9.57. The molecule has 1 amide bonds. The molecule has 2 aliphatic heterocycles. The molecule has 0 bridgehead atoms. The standard InChI is InChI=1S/C25H23ClF3N5OS/c1-32-8-7-19(14-32)33(2)24-31-23(35)22(36-24)10-15-3-6-21-17(9-15)12-30-34(21)13-16-4-5-18(26)11-20(16)25(27,28)29/h3-6,9-12,19H,7-8,13-14H2,1-2H3. The highest BCUT2D eigenvalue weighted by molar-refractivity contribution is 8.18. The molecule has 1 saturated heterocycles. The van der Waals surface area contributed by atoms with E-state index in [2.05, 4.69) is 26.9 Å². The number of thioether (sulfide) groups is 1. The van der Waals surface area contributed by atoms with E-state index in [0.29, 0.717) is 21.6 Å². The Bertz CT molecular complexity index is 1400. The van der Waals surface area contributed by atoms with Crippen LogP contribution in [0.25, 0.3) is 17.0 Å². The van der Waals surface area contributed by atoms with Crippen LogP contribution in [0.5, 0.6) is 0 Å². The molecule has 0 N–H and O–H groups in total. The number of likely N-dealkylation sites (N-methyl/N-ethyl adjacent to an activating group) is 2. The summed E-state index contributed by atoms with van der Waals surface area (Å²) in [5.74, 6) is -0.272. The number of halogens is 4. The predicted molar refractivity (Wildman–Crippen MR) is 137 cm³/mol. The number of hydrogen-bond donors (Lipinski definition) is 0. The van der Waals surface area contributed by atoms with Crippen molar-refractivity contribution in [1.29, 1.82) is 0 Å². The first kappa shape index (κ1) is 24.9. The highest BCUT2D eigenvalue weighted by Gasteiger charge is 2.34. The summed E-state index contributed by atoms with van der Waals surface area (Å²) < 4.78 is 42.0. The third-order valence-corrected chi connectivity index (χ3v) is 7.80. The number of benzene rings is 2. The lowest BCUT2D eigenvalue weighted by atomic mass is 10.1. The third kappa shape index (κ3) is 5.02. The summed E-state index contributed by atoms with van der Waals surface area (Å²) in [6, 6.07) is 9.55. The zero-order valence-corrected chi connectivity index (χ0v) is 21.2. The van der Waals surface area contributed by atoms with Gasteiger partial charge in [-0.05, 0) is 73.2 Å². The van der Waals surface area contributed by atoms with Gasteiger partial charge in [0.25, 0.3) is 5.91 Å². The Labute approximate surface area is 215 Å². The first-order chi connectivity index (χ1) is 17.1. The number of hydrogen-bond acceptors (Lipinski definition) is 5. The molecule has 188 valence electrons. The van der Waals surface area contributed by atoms with Gasteiger partial charge in [-0.3, -0.25) is 9.48 Å². The van der Waals surface area contributed by atoms with E-state index >= 15 is 0 Å². The molecule has 0 radical (unpaired) electrons. The molecule has 1 atom stereocenters. The van der Waals surface area contributed by atoms with Gasteiger partial charge in [0.15, 0.2) is 5.17 Å². The maximum absolute atomic E-state index is 13.5. The van der Waals surface area contributed by atoms with Gasteiger partial charge in [0.2, 0.25) is 0 Å².